The molecular formula is C12H15N3O3. The molecule has 0 aromatic heterocycles. The summed E-state index contributed by atoms with van der Waals surface area (Å²) in [5.74, 6) is 5.36. The number of hydrogen-bond donors (Lipinski definition) is 2. The standard InChI is InChI=1S/C12H15N3O3/c13-14-11(16)6-3-7-15-9-4-1-2-5-10(9)18-8-12(15)17/h1-2,4-5H,3,6-8,13H2,(H,14,16). The van der Waals surface area contributed by atoms with E-state index in [2.05, 4.69) is 5.43 Å². The zero-order valence-corrected chi connectivity index (χ0v) is 9.89. The van der Waals surface area contributed by atoms with Crippen LogP contribution in [0, 0.1) is 0 Å². The van der Waals surface area contributed by atoms with E-state index in [0.29, 0.717) is 25.1 Å². The van der Waals surface area contributed by atoms with Crippen LogP contribution in [0.3, 0.4) is 0 Å². The molecule has 3 N–H and O–H groups in total. The van der Waals surface area contributed by atoms with Crippen LogP contribution in [-0.4, -0.2) is 25.0 Å². The first kappa shape index (κ1) is 12.4. The first-order valence-electron chi connectivity index (χ1n) is 5.74. The smallest absolute Gasteiger partial charge is 0.265 e. The summed E-state index contributed by atoms with van der Waals surface area (Å²) in [4.78, 5) is 24.4. The lowest BCUT2D eigenvalue weighted by Gasteiger charge is -2.29. The van der Waals surface area contributed by atoms with E-state index in [0.717, 1.165) is 5.69 Å². The molecule has 0 fully saturated rings. The van der Waals surface area contributed by atoms with Crippen LogP contribution >= 0.6 is 0 Å². The van der Waals surface area contributed by atoms with Gasteiger partial charge in [-0.1, -0.05) is 12.1 Å². The van der Waals surface area contributed by atoms with Crippen LogP contribution in [0.15, 0.2) is 24.3 Å². The second kappa shape index (κ2) is 5.50. The number of anilines is 1. The highest BCUT2D eigenvalue weighted by molar-refractivity contribution is 5.97. The van der Waals surface area contributed by atoms with Crippen LogP contribution in [-0.2, 0) is 9.59 Å². The molecule has 0 unspecified atom stereocenters. The second-order valence-electron chi connectivity index (χ2n) is 3.97. The van der Waals surface area contributed by atoms with Gasteiger partial charge in [0, 0.05) is 13.0 Å². The number of rotatable bonds is 4. The van der Waals surface area contributed by atoms with E-state index in [1.807, 2.05) is 24.3 Å². The van der Waals surface area contributed by atoms with Gasteiger partial charge in [-0.15, -0.1) is 0 Å². The fraction of sp³-hybridized carbons (Fsp3) is 0.333. The van der Waals surface area contributed by atoms with Gasteiger partial charge in [0.15, 0.2) is 6.61 Å². The minimum absolute atomic E-state index is 0.0418. The summed E-state index contributed by atoms with van der Waals surface area (Å²) in [5.41, 5.74) is 2.82. The molecule has 6 heteroatoms. The molecule has 0 radical (unpaired) electrons. The SMILES string of the molecule is NNC(=O)CCCN1C(=O)COc2ccccc21. The Bertz CT molecular complexity index is 462. The molecule has 1 aromatic carbocycles. The quantitative estimate of drug-likeness (QED) is 0.453. The largest absolute Gasteiger partial charge is 0.482 e. The number of carbonyl (C=O) groups is 2. The van der Waals surface area contributed by atoms with E-state index < -0.39 is 0 Å². The molecule has 96 valence electrons. The number of nitrogens with zero attached hydrogens (tertiary/aromatic N) is 1. The molecule has 6 nitrogen and oxygen atoms in total. The third kappa shape index (κ3) is 2.60. The van der Waals surface area contributed by atoms with Crippen molar-refractivity contribution in [3.05, 3.63) is 24.3 Å². The summed E-state index contributed by atoms with van der Waals surface area (Å²) in [6.07, 6.45) is 0.854. The average molecular weight is 249 g/mol. The van der Waals surface area contributed by atoms with Gasteiger partial charge in [0.2, 0.25) is 5.91 Å². The Labute approximate surface area is 105 Å². The summed E-state index contributed by atoms with van der Waals surface area (Å²) < 4.78 is 5.32. The molecule has 0 bridgehead atoms. The van der Waals surface area contributed by atoms with Crippen molar-refractivity contribution in [1.29, 1.82) is 0 Å². The van der Waals surface area contributed by atoms with Crippen molar-refractivity contribution < 1.29 is 14.3 Å². The number of benzene rings is 1. The van der Waals surface area contributed by atoms with Crippen molar-refractivity contribution in [3.8, 4) is 5.75 Å². The number of nitrogens with two attached hydrogens (primary N) is 1. The van der Waals surface area contributed by atoms with E-state index in [1.54, 1.807) is 4.90 Å². The number of hydrazine groups is 1. The number of para-hydroxylation sites is 2. The van der Waals surface area contributed by atoms with Gasteiger partial charge >= 0.3 is 0 Å². The molecule has 0 saturated heterocycles. The molecule has 0 aliphatic carbocycles. The molecule has 1 aromatic rings. The summed E-state index contributed by atoms with van der Waals surface area (Å²) in [5, 5.41) is 0. The fourth-order valence-electron chi connectivity index (χ4n) is 1.87. The normalized spacial score (nSPS) is 13.8. The number of hydrogen-bond acceptors (Lipinski definition) is 4. The Hall–Kier alpha value is -2.08. The van der Waals surface area contributed by atoms with Crippen LogP contribution in [0.2, 0.25) is 0 Å². The lowest BCUT2D eigenvalue weighted by Crippen LogP contribution is -2.40. The van der Waals surface area contributed by atoms with Gasteiger partial charge in [-0.3, -0.25) is 15.0 Å². The molecule has 1 heterocycles. The van der Waals surface area contributed by atoms with Crippen molar-refractivity contribution in [1.82, 2.24) is 5.43 Å². The van der Waals surface area contributed by atoms with Crippen molar-refractivity contribution in [2.75, 3.05) is 18.1 Å². The van der Waals surface area contributed by atoms with E-state index in [-0.39, 0.29) is 18.4 Å². The molecule has 2 rings (SSSR count). The van der Waals surface area contributed by atoms with Gasteiger partial charge in [0.1, 0.15) is 5.75 Å². The Morgan fingerprint density at radius 2 is 2.22 bits per heavy atom. The predicted octanol–water partition coefficient (Wildman–Crippen LogP) is 0.182. The van der Waals surface area contributed by atoms with Crippen LogP contribution < -0.4 is 20.9 Å². The minimum Gasteiger partial charge on any atom is -0.482 e. The first-order valence-corrected chi connectivity index (χ1v) is 5.74. The maximum absolute atomic E-state index is 11.8. The maximum Gasteiger partial charge on any atom is 0.265 e. The monoisotopic (exact) mass is 249 g/mol. The molecule has 1 aliphatic heterocycles. The molecule has 2 amide bonds. The Morgan fingerprint density at radius 1 is 1.44 bits per heavy atom. The summed E-state index contributed by atoms with van der Waals surface area (Å²) in [6.45, 7) is 0.521. The van der Waals surface area contributed by atoms with Gasteiger partial charge in [-0.05, 0) is 18.6 Å². The molecule has 18 heavy (non-hydrogen) atoms. The van der Waals surface area contributed by atoms with Crippen molar-refractivity contribution in [2.24, 2.45) is 5.84 Å². The summed E-state index contributed by atoms with van der Waals surface area (Å²) in [7, 11) is 0. The van der Waals surface area contributed by atoms with Crippen molar-refractivity contribution in [3.63, 3.8) is 0 Å². The van der Waals surface area contributed by atoms with Crippen molar-refractivity contribution in [2.45, 2.75) is 12.8 Å². The van der Waals surface area contributed by atoms with Crippen LogP contribution in [0.25, 0.3) is 0 Å². The Kier molecular flexibility index (Phi) is 3.78. The highest BCUT2D eigenvalue weighted by Gasteiger charge is 2.24. The van der Waals surface area contributed by atoms with Gasteiger partial charge < -0.3 is 9.64 Å². The number of ether oxygens (including phenoxy) is 1. The molecule has 0 saturated carbocycles. The molecule has 1 aliphatic rings. The van der Waals surface area contributed by atoms with Crippen LogP contribution in [0.1, 0.15) is 12.8 Å². The lowest BCUT2D eigenvalue weighted by atomic mass is 10.2. The topological polar surface area (TPSA) is 84.7 Å². The van der Waals surface area contributed by atoms with Crippen molar-refractivity contribution >= 4 is 17.5 Å². The van der Waals surface area contributed by atoms with Gasteiger partial charge in [-0.2, -0.15) is 0 Å². The Morgan fingerprint density at radius 3 is 3.00 bits per heavy atom. The highest BCUT2D eigenvalue weighted by atomic mass is 16.5. The summed E-state index contributed by atoms with van der Waals surface area (Å²) in [6, 6.07) is 7.35. The van der Waals surface area contributed by atoms with E-state index in [1.165, 1.54) is 0 Å². The number of amides is 2. The van der Waals surface area contributed by atoms with E-state index >= 15 is 0 Å². The second-order valence-corrected chi connectivity index (χ2v) is 3.97. The first-order chi connectivity index (χ1) is 8.72. The van der Waals surface area contributed by atoms with Crippen LogP contribution in [0.5, 0.6) is 5.75 Å². The third-order valence-corrected chi connectivity index (χ3v) is 2.75. The van der Waals surface area contributed by atoms with Gasteiger partial charge in [0.05, 0.1) is 5.69 Å². The van der Waals surface area contributed by atoms with Gasteiger partial charge in [0.25, 0.3) is 5.91 Å². The fourth-order valence-corrected chi connectivity index (χ4v) is 1.87. The van der Waals surface area contributed by atoms with Crippen LogP contribution in [0.4, 0.5) is 5.69 Å². The van der Waals surface area contributed by atoms with Gasteiger partial charge in [-0.25, -0.2) is 5.84 Å². The lowest BCUT2D eigenvalue weighted by molar-refractivity contribution is -0.122. The number of fused-ring (bicyclic) bond motifs is 1. The third-order valence-electron chi connectivity index (χ3n) is 2.75. The molecule has 0 atom stereocenters. The summed E-state index contributed by atoms with van der Waals surface area (Å²) >= 11 is 0. The highest BCUT2D eigenvalue weighted by Crippen LogP contribution is 2.31. The Balaban J connectivity index is 2.03. The number of nitrogens with one attached hydrogen (secondary N) is 1. The predicted molar refractivity (Wildman–Crippen MR) is 65.9 cm³/mol. The maximum atomic E-state index is 11.8. The van der Waals surface area contributed by atoms with E-state index in [4.69, 9.17) is 10.6 Å². The van der Waals surface area contributed by atoms with E-state index in [9.17, 15) is 9.59 Å². The average Bonchev–Trinajstić information content (AvgIpc) is 2.41. The minimum atomic E-state index is -0.232. The molecule has 0 spiro atoms. The number of carbonyl (C=O) groups excluding carboxylic acids is 2. The zero-order valence-electron chi connectivity index (χ0n) is 9.89. The molecular weight excluding hydrogens is 234 g/mol. The zero-order chi connectivity index (χ0) is 13.0.